The van der Waals surface area contributed by atoms with Crippen LogP contribution >= 0.6 is 0 Å². The van der Waals surface area contributed by atoms with E-state index >= 15 is 0 Å². The number of rotatable bonds is 10. The Morgan fingerprint density at radius 1 is 1.16 bits per heavy atom. The molecule has 168 valence electrons. The molecule has 7 nitrogen and oxygen atoms in total. The SMILES string of the molecule is COc1cccc2c(-c3cc(CN(CCO)CCO)on3)cn(CC3CCCCC3)c12. The van der Waals surface area contributed by atoms with Crippen molar-refractivity contribution in [1.82, 2.24) is 14.6 Å². The number of hydrogen-bond donors (Lipinski definition) is 2. The van der Waals surface area contributed by atoms with Gasteiger partial charge >= 0.3 is 0 Å². The zero-order valence-corrected chi connectivity index (χ0v) is 18.3. The maximum absolute atomic E-state index is 9.25. The van der Waals surface area contributed by atoms with Crippen LogP contribution in [0.1, 0.15) is 37.9 Å². The number of para-hydroxylation sites is 1. The van der Waals surface area contributed by atoms with E-state index in [1.807, 2.05) is 23.1 Å². The third kappa shape index (κ3) is 4.95. The highest BCUT2D eigenvalue weighted by Gasteiger charge is 2.21. The van der Waals surface area contributed by atoms with E-state index in [1.54, 1.807) is 7.11 Å². The van der Waals surface area contributed by atoms with Gasteiger partial charge in [-0.15, -0.1) is 0 Å². The van der Waals surface area contributed by atoms with Crippen LogP contribution in [0.25, 0.3) is 22.2 Å². The molecule has 1 saturated carbocycles. The second-order valence-electron chi connectivity index (χ2n) is 8.46. The Morgan fingerprint density at radius 2 is 1.94 bits per heavy atom. The summed E-state index contributed by atoms with van der Waals surface area (Å²) in [5, 5.41) is 23.9. The molecule has 0 spiro atoms. The molecule has 2 aromatic heterocycles. The smallest absolute Gasteiger partial charge is 0.151 e. The van der Waals surface area contributed by atoms with Gasteiger partial charge in [0, 0.05) is 42.8 Å². The van der Waals surface area contributed by atoms with Gasteiger partial charge in [0.2, 0.25) is 0 Å². The molecule has 4 rings (SSSR count). The predicted octanol–water partition coefficient (Wildman–Crippen LogP) is 3.67. The van der Waals surface area contributed by atoms with Crippen molar-refractivity contribution in [3.63, 3.8) is 0 Å². The molecule has 0 radical (unpaired) electrons. The number of aliphatic hydroxyl groups excluding tert-OH is 2. The van der Waals surface area contributed by atoms with Crippen molar-refractivity contribution in [1.29, 1.82) is 0 Å². The van der Waals surface area contributed by atoms with E-state index in [2.05, 4.69) is 22.0 Å². The molecule has 1 aromatic carbocycles. The first kappa shape index (κ1) is 21.9. The zero-order chi connectivity index (χ0) is 21.6. The third-order valence-electron chi connectivity index (χ3n) is 6.31. The fraction of sp³-hybridized carbons (Fsp3) is 0.542. The molecule has 1 fully saturated rings. The Labute approximate surface area is 183 Å². The van der Waals surface area contributed by atoms with Gasteiger partial charge in [-0.2, -0.15) is 0 Å². The van der Waals surface area contributed by atoms with Crippen molar-refractivity contribution in [3.8, 4) is 17.0 Å². The minimum Gasteiger partial charge on any atom is -0.495 e. The Kier molecular flexibility index (Phi) is 7.27. The Hall–Kier alpha value is -2.35. The van der Waals surface area contributed by atoms with Crippen LogP contribution in [0.2, 0.25) is 0 Å². The number of aromatic nitrogens is 2. The van der Waals surface area contributed by atoms with Gasteiger partial charge in [-0.1, -0.05) is 36.6 Å². The molecule has 0 aliphatic heterocycles. The van der Waals surface area contributed by atoms with Gasteiger partial charge in [-0.3, -0.25) is 4.90 Å². The highest BCUT2D eigenvalue weighted by molar-refractivity contribution is 5.98. The van der Waals surface area contributed by atoms with Crippen LogP contribution in [0, 0.1) is 5.92 Å². The lowest BCUT2D eigenvalue weighted by atomic mass is 9.89. The molecule has 0 saturated heterocycles. The molecular weight excluding hydrogens is 394 g/mol. The van der Waals surface area contributed by atoms with Crippen LogP contribution < -0.4 is 4.74 Å². The summed E-state index contributed by atoms with van der Waals surface area (Å²) in [6.07, 6.45) is 8.73. The van der Waals surface area contributed by atoms with Gasteiger partial charge in [0.1, 0.15) is 11.4 Å². The maximum Gasteiger partial charge on any atom is 0.151 e. The Bertz CT molecular complexity index is 969. The minimum atomic E-state index is 0.0371. The first-order valence-electron chi connectivity index (χ1n) is 11.3. The van der Waals surface area contributed by atoms with Crippen LogP contribution in [-0.4, -0.2) is 58.2 Å². The maximum atomic E-state index is 9.25. The second kappa shape index (κ2) is 10.3. The van der Waals surface area contributed by atoms with Crippen LogP contribution in [0.4, 0.5) is 0 Å². The lowest BCUT2D eigenvalue weighted by Gasteiger charge is -2.22. The molecule has 2 N–H and O–H groups in total. The molecule has 1 aliphatic carbocycles. The van der Waals surface area contributed by atoms with Crippen molar-refractivity contribution in [2.45, 2.75) is 45.2 Å². The summed E-state index contributed by atoms with van der Waals surface area (Å²) in [7, 11) is 1.72. The van der Waals surface area contributed by atoms with Gasteiger partial charge < -0.3 is 24.0 Å². The highest BCUT2D eigenvalue weighted by atomic mass is 16.5. The second-order valence-corrected chi connectivity index (χ2v) is 8.46. The standard InChI is InChI=1S/C24H33N3O4/c1-30-23-9-5-8-20-21(17-27(24(20)23)15-18-6-3-2-4-7-18)22-14-19(31-25-22)16-26(10-12-28)11-13-29/h5,8-9,14,17-18,28-29H,2-4,6-7,10-13,15-16H2,1H3. The van der Waals surface area contributed by atoms with Crippen molar-refractivity contribution < 1.29 is 19.5 Å². The van der Waals surface area contributed by atoms with Gasteiger partial charge in [0.05, 0.1) is 32.4 Å². The number of hydrogen-bond acceptors (Lipinski definition) is 6. The van der Waals surface area contributed by atoms with E-state index in [-0.39, 0.29) is 13.2 Å². The number of aliphatic hydroxyl groups is 2. The molecular formula is C24H33N3O4. The topological polar surface area (TPSA) is 83.9 Å². The molecule has 0 amide bonds. The fourth-order valence-corrected chi connectivity index (χ4v) is 4.77. The molecule has 31 heavy (non-hydrogen) atoms. The number of methoxy groups -OCH3 is 1. The largest absolute Gasteiger partial charge is 0.495 e. The van der Waals surface area contributed by atoms with E-state index in [1.165, 1.54) is 32.1 Å². The number of nitrogens with zero attached hydrogens (tertiary/aromatic N) is 3. The number of benzene rings is 1. The third-order valence-corrected chi connectivity index (χ3v) is 6.31. The van der Waals surface area contributed by atoms with Crippen LogP contribution in [-0.2, 0) is 13.1 Å². The Morgan fingerprint density at radius 3 is 2.65 bits per heavy atom. The van der Waals surface area contributed by atoms with Gasteiger partial charge in [0.15, 0.2) is 5.76 Å². The molecule has 2 heterocycles. The van der Waals surface area contributed by atoms with E-state index in [4.69, 9.17) is 9.26 Å². The van der Waals surface area contributed by atoms with Crippen LogP contribution in [0.3, 0.4) is 0 Å². The van der Waals surface area contributed by atoms with Crippen molar-refractivity contribution >= 4 is 10.9 Å². The summed E-state index contributed by atoms with van der Waals surface area (Å²) in [5.41, 5.74) is 2.94. The quantitative estimate of drug-likeness (QED) is 0.514. The molecule has 3 aromatic rings. The summed E-state index contributed by atoms with van der Waals surface area (Å²) < 4.78 is 13.6. The van der Waals surface area contributed by atoms with Gasteiger partial charge in [-0.25, -0.2) is 0 Å². The summed E-state index contributed by atoms with van der Waals surface area (Å²) in [6, 6.07) is 8.10. The van der Waals surface area contributed by atoms with Crippen molar-refractivity contribution in [2.75, 3.05) is 33.4 Å². The summed E-state index contributed by atoms with van der Waals surface area (Å²) in [5.74, 6) is 2.29. The number of ether oxygens (including phenoxy) is 1. The predicted molar refractivity (Wildman–Crippen MR) is 120 cm³/mol. The summed E-state index contributed by atoms with van der Waals surface area (Å²) in [4.78, 5) is 1.94. The molecule has 0 atom stereocenters. The lowest BCUT2D eigenvalue weighted by molar-refractivity contribution is 0.145. The summed E-state index contributed by atoms with van der Waals surface area (Å²) in [6.45, 7) is 2.52. The van der Waals surface area contributed by atoms with Crippen LogP contribution in [0.15, 0.2) is 35.0 Å². The first-order valence-corrected chi connectivity index (χ1v) is 11.3. The molecule has 0 bridgehead atoms. The van der Waals surface area contributed by atoms with Gasteiger partial charge in [-0.05, 0) is 24.8 Å². The zero-order valence-electron chi connectivity index (χ0n) is 18.3. The number of fused-ring (bicyclic) bond motifs is 1. The van der Waals surface area contributed by atoms with Gasteiger partial charge in [0.25, 0.3) is 0 Å². The fourth-order valence-electron chi connectivity index (χ4n) is 4.77. The minimum absolute atomic E-state index is 0.0371. The highest BCUT2D eigenvalue weighted by Crippen LogP contribution is 2.37. The Balaban J connectivity index is 1.65. The molecule has 7 heteroatoms. The average Bonchev–Trinajstić information content (AvgIpc) is 3.39. The van der Waals surface area contributed by atoms with E-state index in [0.717, 1.165) is 34.5 Å². The van der Waals surface area contributed by atoms with Crippen LogP contribution in [0.5, 0.6) is 5.75 Å². The first-order chi connectivity index (χ1) is 15.2. The van der Waals surface area contributed by atoms with Crippen molar-refractivity contribution in [3.05, 3.63) is 36.2 Å². The lowest BCUT2D eigenvalue weighted by Crippen LogP contribution is -2.29. The average molecular weight is 428 g/mol. The monoisotopic (exact) mass is 427 g/mol. The van der Waals surface area contributed by atoms with E-state index in [0.29, 0.717) is 31.3 Å². The van der Waals surface area contributed by atoms with Crippen molar-refractivity contribution in [2.24, 2.45) is 5.92 Å². The van der Waals surface area contributed by atoms with E-state index in [9.17, 15) is 10.2 Å². The summed E-state index contributed by atoms with van der Waals surface area (Å²) >= 11 is 0. The molecule has 1 aliphatic rings. The molecule has 0 unspecified atom stereocenters. The normalized spacial score (nSPS) is 15.2. The van der Waals surface area contributed by atoms with E-state index < -0.39 is 0 Å².